The molecule has 3 heterocycles. The average Bonchev–Trinajstić information content (AvgIpc) is 3.50. The van der Waals surface area contributed by atoms with Crippen LogP contribution in [0.4, 0.5) is 11.4 Å². The molecule has 2 aromatic carbocycles. The minimum absolute atomic E-state index is 0.0438. The topological polar surface area (TPSA) is 28.4 Å². The Morgan fingerprint density at radius 1 is 0.971 bits per heavy atom. The van der Waals surface area contributed by atoms with Crippen molar-refractivity contribution in [2.45, 2.75) is 62.6 Å². The fraction of sp³-hybridized carbons (Fsp3) is 0.355. The quantitative estimate of drug-likeness (QED) is 0.429. The number of fused-ring (bicyclic) bond motifs is 11. The van der Waals surface area contributed by atoms with Crippen LogP contribution < -0.4 is 10.2 Å². The number of nitrogens with one attached hydrogen (secondary N) is 1. The van der Waals surface area contributed by atoms with Gasteiger partial charge in [0.15, 0.2) is 0 Å². The molecule has 170 valence electrons. The van der Waals surface area contributed by atoms with Gasteiger partial charge in [-0.15, -0.1) is 0 Å². The first-order valence-corrected chi connectivity index (χ1v) is 13.0. The van der Waals surface area contributed by atoms with E-state index in [-0.39, 0.29) is 5.41 Å². The average molecular weight is 447 g/mol. The van der Waals surface area contributed by atoms with Crippen LogP contribution in [0.15, 0.2) is 77.3 Å². The molecule has 1 N–H and O–H groups in total. The van der Waals surface area contributed by atoms with Gasteiger partial charge in [-0.05, 0) is 48.7 Å². The van der Waals surface area contributed by atoms with Crippen molar-refractivity contribution >= 4 is 28.4 Å². The Kier molecular flexibility index (Phi) is 3.84. The molecule has 3 heteroatoms. The third kappa shape index (κ3) is 2.36. The highest BCUT2D eigenvalue weighted by atomic mass is 16.3. The van der Waals surface area contributed by atoms with E-state index in [9.17, 15) is 0 Å². The van der Waals surface area contributed by atoms with E-state index < -0.39 is 0 Å². The van der Waals surface area contributed by atoms with E-state index in [1.165, 1.54) is 48.0 Å². The molecule has 0 bridgehead atoms. The molecule has 0 amide bonds. The highest BCUT2D eigenvalue weighted by Gasteiger charge is 2.53. The predicted molar refractivity (Wildman–Crippen MR) is 139 cm³/mol. The number of benzene rings is 2. The molecule has 1 saturated carbocycles. The van der Waals surface area contributed by atoms with Crippen LogP contribution in [0.2, 0.25) is 0 Å². The Morgan fingerprint density at radius 3 is 2.76 bits per heavy atom. The molecular formula is C31H30N2O. The Labute approximate surface area is 200 Å². The maximum Gasteiger partial charge on any atom is 0.135 e. The lowest BCUT2D eigenvalue weighted by atomic mass is 9.66. The Bertz CT molecular complexity index is 1400. The van der Waals surface area contributed by atoms with Crippen molar-refractivity contribution in [2.24, 2.45) is 5.41 Å². The monoisotopic (exact) mass is 446 g/mol. The smallest absolute Gasteiger partial charge is 0.135 e. The first-order valence-electron chi connectivity index (χ1n) is 13.0. The number of para-hydroxylation sites is 1. The number of rotatable bonds is 1. The molecule has 3 nitrogen and oxygen atoms in total. The van der Waals surface area contributed by atoms with Crippen molar-refractivity contribution in [3.63, 3.8) is 0 Å². The molecule has 2 aliphatic heterocycles. The maximum atomic E-state index is 6.59. The predicted octanol–water partition coefficient (Wildman–Crippen LogP) is 7.19. The maximum absolute atomic E-state index is 6.59. The molecule has 0 radical (unpaired) electrons. The van der Waals surface area contributed by atoms with Crippen molar-refractivity contribution in [3.8, 4) is 0 Å². The molecule has 5 aliphatic rings. The Balaban J connectivity index is 1.40. The first kappa shape index (κ1) is 19.3. The summed E-state index contributed by atoms with van der Waals surface area (Å²) in [5, 5.41) is 5.32. The van der Waals surface area contributed by atoms with Crippen molar-refractivity contribution in [1.82, 2.24) is 5.32 Å². The van der Waals surface area contributed by atoms with Gasteiger partial charge >= 0.3 is 0 Å². The summed E-state index contributed by atoms with van der Waals surface area (Å²) in [5.41, 5.74) is 6.82. The zero-order chi connectivity index (χ0) is 22.4. The number of nitrogens with zero attached hydrogens (tertiary/aromatic N) is 1. The zero-order valence-corrected chi connectivity index (χ0v) is 19.6. The van der Waals surface area contributed by atoms with Crippen LogP contribution in [0.1, 0.15) is 61.3 Å². The Hall–Kier alpha value is -3.04. The SMILES string of the molecule is CC12C=CC=CC1NC1C=Cc3oc4ccc5c(c4c3C12)[C@H]1CCCCC1N5c1ccccc1. The fourth-order valence-electron chi connectivity index (χ4n) is 7.94. The lowest BCUT2D eigenvalue weighted by molar-refractivity contribution is 0.362. The molecule has 6 atom stereocenters. The van der Waals surface area contributed by atoms with Gasteiger partial charge in [0.25, 0.3) is 0 Å². The molecular weight excluding hydrogens is 416 g/mol. The number of anilines is 2. The summed E-state index contributed by atoms with van der Waals surface area (Å²) in [4.78, 5) is 2.65. The van der Waals surface area contributed by atoms with E-state index in [0.29, 0.717) is 30.0 Å². The Morgan fingerprint density at radius 2 is 1.85 bits per heavy atom. The molecule has 5 unspecified atom stereocenters. The standard InChI is InChI=1S/C31H30N2O/c1-31-18-8-7-13-26(31)32-21-14-16-25-29(30(21)31)28-24(34-25)17-15-23-27(28)20-11-5-6-12-22(20)33(23)19-9-3-2-4-10-19/h2-4,7-10,13-18,20-22,26,30,32H,5-6,11-12H2,1H3/t20-,21?,22?,26?,30?,31?/m0/s1. The van der Waals surface area contributed by atoms with Gasteiger partial charge in [-0.3, -0.25) is 0 Å². The first-order chi connectivity index (χ1) is 16.7. The van der Waals surface area contributed by atoms with E-state index in [2.05, 4.69) is 96.1 Å². The van der Waals surface area contributed by atoms with Gasteiger partial charge in [0, 0.05) is 57.7 Å². The lowest BCUT2D eigenvalue weighted by Crippen LogP contribution is -2.34. The van der Waals surface area contributed by atoms with Gasteiger partial charge < -0.3 is 14.6 Å². The van der Waals surface area contributed by atoms with Crippen LogP contribution in [0.3, 0.4) is 0 Å². The van der Waals surface area contributed by atoms with Crippen LogP contribution in [-0.2, 0) is 0 Å². The van der Waals surface area contributed by atoms with Gasteiger partial charge in [0.05, 0.1) is 0 Å². The molecule has 2 fully saturated rings. The second-order valence-corrected chi connectivity index (χ2v) is 11.0. The van der Waals surface area contributed by atoms with E-state index in [4.69, 9.17) is 4.42 Å². The van der Waals surface area contributed by atoms with Crippen molar-refractivity contribution in [2.75, 3.05) is 4.90 Å². The van der Waals surface area contributed by atoms with E-state index in [0.717, 1.165) is 11.3 Å². The van der Waals surface area contributed by atoms with E-state index in [1.807, 2.05) is 0 Å². The summed E-state index contributed by atoms with van der Waals surface area (Å²) in [6, 6.07) is 16.8. The number of hydrogen-bond donors (Lipinski definition) is 1. The summed E-state index contributed by atoms with van der Waals surface area (Å²) >= 11 is 0. The van der Waals surface area contributed by atoms with Gasteiger partial charge in [-0.2, -0.15) is 0 Å². The third-order valence-electron chi connectivity index (χ3n) is 9.37. The van der Waals surface area contributed by atoms with Crippen molar-refractivity contribution < 1.29 is 4.42 Å². The second-order valence-electron chi connectivity index (χ2n) is 11.0. The van der Waals surface area contributed by atoms with Crippen LogP contribution in [0.25, 0.3) is 17.0 Å². The molecule has 3 aliphatic carbocycles. The van der Waals surface area contributed by atoms with Crippen LogP contribution in [0, 0.1) is 5.41 Å². The van der Waals surface area contributed by atoms with Crippen LogP contribution >= 0.6 is 0 Å². The second kappa shape index (κ2) is 6.76. The molecule has 1 saturated heterocycles. The fourth-order valence-corrected chi connectivity index (χ4v) is 7.94. The molecule has 34 heavy (non-hydrogen) atoms. The van der Waals surface area contributed by atoms with Crippen LogP contribution in [-0.4, -0.2) is 18.1 Å². The molecule has 1 aromatic heterocycles. The molecule has 8 rings (SSSR count). The normalized spacial score (nSPS) is 34.6. The van der Waals surface area contributed by atoms with Crippen molar-refractivity contribution in [3.05, 3.63) is 89.7 Å². The highest BCUT2D eigenvalue weighted by molar-refractivity contribution is 5.96. The summed E-state index contributed by atoms with van der Waals surface area (Å²) < 4.78 is 6.59. The van der Waals surface area contributed by atoms with Gasteiger partial charge in [-0.1, -0.05) is 68.3 Å². The van der Waals surface area contributed by atoms with E-state index >= 15 is 0 Å². The highest BCUT2D eigenvalue weighted by Crippen LogP contribution is 2.59. The summed E-state index contributed by atoms with van der Waals surface area (Å²) in [6.45, 7) is 2.43. The zero-order valence-electron chi connectivity index (χ0n) is 19.6. The van der Waals surface area contributed by atoms with Crippen molar-refractivity contribution in [1.29, 1.82) is 0 Å². The summed E-state index contributed by atoms with van der Waals surface area (Å²) in [6.07, 6.45) is 18.9. The minimum atomic E-state index is 0.0438. The lowest BCUT2D eigenvalue weighted by Gasteiger charge is -2.35. The largest absolute Gasteiger partial charge is 0.456 e. The molecule has 3 aromatic rings. The van der Waals surface area contributed by atoms with Gasteiger partial charge in [-0.25, -0.2) is 0 Å². The number of hydrogen-bond acceptors (Lipinski definition) is 3. The minimum Gasteiger partial charge on any atom is -0.456 e. The van der Waals surface area contributed by atoms with E-state index in [1.54, 1.807) is 5.56 Å². The third-order valence-corrected chi connectivity index (χ3v) is 9.37. The molecule has 0 spiro atoms. The van der Waals surface area contributed by atoms with Gasteiger partial charge in [0.1, 0.15) is 11.3 Å². The number of furan rings is 1. The van der Waals surface area contributed by atoms with Gasteiger partial charge in [0.2, 0.25) is 0 Å². The summed E-state index contributed by atoms with van der Waals surface area (Å²) in [5.74, 6) is 2.01. The summed E-state index contributed by atoms with van der Waals surface area (Å²) in [7, 11) is 0. The van der Waals surface area contributed by atoms with Crippen LogP contribution in [0.5, 0.6) is 0 Å². The number of allylic oxidation sites excluding steroid dienone is 2.